The van der Waals surface area contributed by atoms with Crippen LogP contribution in [0.2, 0.25) is 0 Å². The second-order valence-electron chi connectivity index (χ2n) is 17.6. The Morgan fingerprint density at radius 2 is 0.475 bits per heavy atom. The van der Waals surface area contributed by atoms with Gasteiger partial charge < -0.3 is 5.32 Å². The van der Waals surface area contributed by atoms with Crippen LogP contribution < -0.4 is 5.32 Å². The highest BCUT2D eigenvalue weighted by Crippen LogP contribution is 2.50. The van der Waals surface area contributed by atoms with Crippen molar-refractivity contribution in [2.45, 2.75) is 0 Å². The van der Waals surface area contributed by atoms with E-state index < -0.39 is 0 Å². The van der Waals surface area contributed by atoms with Crippen LogP contribution in [0.5, 0.6) is 0 Å². The third kappa shape index (κ3) is 3.76. The standard InChI is InChI=1S/C60H31N/c1-3-9-41-31(7-1)23-33-15-19-39-29-49-43-11-5-13-51(45(43)25-35-17-21-37-27-47(41)53(33)57(39)59(37)55(35)49)61-52-14-6-12-44-46(52)26-36-18-22-38-28-48-42-10-4-2-8-32(42)24-34-16-20-40-30-50(44)56(36)60(38)58(40)54(34)48/h1-30,61H. The molecule has 0 unspecified atom stereocenters. The van der Waals surface area contributed by atoms with Gasteiger partial charge in [0.15, 0.2) is 0 Å². The minimum absolute atomic E-state index is 1.12. The molecule has 0 saturated heterocycles. The molecule has 0 atom stereocenters. The lowest BCUT2D eigenvalue weighted by molar-refractivity contribution is 1.63. The second-order valence-corrected chi connectivity index (χ2v) is 17.6. The molecule has 0 aliphatic carbocycles. The van der Waals surface area contributed by atoms with Crippen LogP contribution in [0.15, 0.2) is 182 Å². The molecular formula is C60H31N. The van der Waals surface area contributed by atoms with Gasteiger partial charge in [0.1, 0.15) is 0 Å². The molecule has 0 aliphatic rings. The fourth-order valence-corrected chi connectivity index (χ4v) is 12.2. The first-order chi connectivity index (χ1) is 30.2. The molecule has 0 bridgehead atoms. The summed E-state index contributed by atoms with van der Waals surface area (Å²) in [5.74, 6) is 0. The van der Waals surface area contributed by atoms with E-state index in [9.17, 15) is 0 Å². The van der Waals surface area contributed by atoms with Crippen LogP contribution in [-0.4, -0.2) is 0 Å². The summed E-state index contributed by atoms with van der Waals surface area (Å²) in [6.07, 6.45) is 0. The number of anilines is 2. The summed E-state index contributed by atoms with van der Waals surface area (Å²) in [5, 5.41) is 40.9. The van der Waals surface area contributed by atoms with E-state index in [0.717, 1.165) is 11.4 Å². The third-order valence-corrected chi connectivity index (χ3v) is 14.6. The van der Waals surface area contributed by atoms with E-state index in [2.05, 4.69) is 187 Å². The van der Waals surface area contributed by atoms with Gasteiger partial charge in [-0.1, -0.05) is 121 Å². The van der Waals surface area contributed by atoms with E-state index in [4.69, 9.17) is 0 Å². The Bertz CT molecular complexity index is 4300. The molecule has 61 heavy (non-hydrogen) atoms. The minimum Gasteiger partial charge on any atom is -0.355 e. The fourth-order valence-electron chi connectivity index (χ4n) is 12.2. The van der Waals surface area contributed by atoms with E-state index in [-0.39, 0.29) is 0 Å². The van der Waals surface area contributed by atoms with Crippen LogP contribution in [0, 0.1) is 0 Å². The molecule has 0 spiro atoms. The Morgan fingerprint density at radius 3 is 0.869 bits per heavy atom. The highest BCUT2D eigenvalue weighted by atomic mass is 14.9. The topological polar surface area (TPSA) is 12.0 Å². The predicted octanol–water partition coefficient (Wildman–Crippen LogP) is 17.3. The van der Waals surface area contributed by atoms with Gasteiger partial charge in [-0.2, -0.15) is 0 Å². The zero-order valence-corrected chi connectivity index (χ0v) is 32.8. The molecule has 0 radical (unpaired) electrons. The number of rotatable bonds is 2. The molecule has 0 fully saturated rings. The molecule has 1 nitrogen and oxygen atoms in total. The van der Waals surface area contributed by atoms with Crippen molar-refractivity contribution in [1.82, 2.24) is 0 Å². The van der Waals surface area contributed by atoms with Gasteiger partial charge in [-0.3, -0.25) is 0 Å². The lowest BCUT2D eigenvalue weighted by Crippen LogP contribution is -1.96. The summed E-state index contributed by atoms with van der Waals surface area (Å²) in [6.45, 7) is 0. The number of hydrogen-bond donors (Lipinski definition) is 1. The molecular weight excluding hydrogens is 735 g/mol. The van der Waals surface area contributed by atoms with Crippen molar-refractivity contribution in [1.29, 1.82) is 0 Å². The van der Waals surface area contributed by atoms with Crippen LogP contribution in [0.25, 0.3) is 151 Å². The van der Waals surface area contributed by atoms with Crippen molar-refractivity contribution in [2.24, 2.45) is 0 Å². The number of fused-ring (bicyclic) bond motifs is 8. The molecule has 0 aliphatic heterocycles. The average Bonchev–Trinajstić information content (AvgIpc) is 3.30. The maximum absolute atomic E-state index is 4.01. The van der Waals surface area contributed by atoms with E-state index in [1.807, 2.05) is 0 Å². The minimum atomic E-state index is 1.12. The molecule has 16 aromatic carbocycles. The molecule has 276 valence electrons. The van der Waals surface area contributed by atoms with Crippen LogP contribution in [-0.2, 0) is 0 Å². The van der Waals surface area contributed by atoms with Gasteiger partial charge in [-0.05, 0) is 201 Å². The lowest BCUT2D eigenvalue weighted by atomic mass is 9.84. The zero-order valence-electron chi connectivity index (χ0n) is 32.8. The summed E-state index contributed by atoms with van der Waals surface area (Å²) in [6, 6.07) is 69.3. The first kappa shape index (κ1) is 31.0. The summed E-state index contributed by atoms with van der Waals surface area (Å²) in [7, 11) is 0. The molecule has 0 saturated carbocycles. The van der Waals surface area contributed by atoms with Gasteiger partial charge >= 0.3 is 0 Å². The molecule has 16 aromatic rings. The first-order valence-corrected chi connectivity index (χ1v) is 21.4. The van der Waals surface area contributed by atoms with E-state index in [1.165, 1.54) is 151 Å². The maximum atomic E-state index is 4.01. The smallest absolute Gasteiger partial charge is 0.0464 e. The van der Waals surface area contributed by atoms with Crippen molar-refractivity contribution in [3.8, 4) is 0 Å². The third-order valence-electron chi connectivity index (χ3n) is 14.6. The first-order valence-electron chi connectivity index (χ1n) is 21.4. The number of benzene rings is 16. The summed E-state index contributed by atoms with van der Waals surface area (Å²) in [5.41, 5.74) is 2.24. The van der Waals surface area contributed by atoms with Crippen LogP contribution in [0.3, 0.4) is 0 Å². The van der Waals surface area contributed by atoms with Gasteiger partial charge in [0.05, 0.1) is 0 Å². The Hall–Kier alpha value is -8.00. The highest BCUT2D eigenvalue weighted by Gasteiger charge is 2.22. The number of hydrogen-bond acceptors (Lipinski definition) is 1. The zero-order chi connectivity index (χ0) is 39.2. The predicted molar refractivity (Wildman–Crippen MR) is 266 cm³/mol. The molecule has 0 amide bonds. The van der Waals surface area contributed by atoms with Gasteiger partial charge in [0.25, 0.3) is 0 Å². The van der Waals surface area contributed by atoms with Crippen molar-refractivity contribution in [3.05, 3.63) is 182 Å². The second kappa shape index (κ2) is 10.6. The lowest BCUT2D eigenvalue weighted by Gasteiger charge is -2.21. The van der Waals surface area contributed by atoms with Crippen LogP contribution in [0.1, 0.15) is 0 Å². The van der Waals surface area contributed by atoms with E-state index in [0.29, 0.717) is 0 Å². The summed E-state index contributed by atoms with van der Waals surface area (Å²) < 4.78 is 0. The summed E-state index contributed by atoms with van der Waals surface area (Å²) >= 11 is 0. The average molecular weight is 766 g/mol. The van der Waals surface area contributed by atoms with Gasteiger partial charge in [0.2, 0.25) is 0 Å². The largest absolute Gasteiger partial charge is 0.355 e. The summed E-state index contributed by atoms with van der Waals surface area (Å²) in [4.78, 5) is 0. The van der Waals surface area contributed by atoms with E-state index >= 15 is 0 Å². The number of nitrogens with one attached hydrogen (secondary N) is 1. The normalized spacial score (nSPS) is 12.9. The van der Waals surface area contributed by atoms with Crippen LogP contribution >= 0.6 is 0 Å². The van der Waals surface area contributed by atoms with E-state index in [1.54, 1.807) is 0 Å². The molecule has 1 heteroatoms. The fraction of sp³-hybridized carbons (Fsp3) is 0. The van der Waals surface area contributed by atoms with Gasteiger partial charge in [0, 0.05) is 22.1 Å². The monoisotopic (exact) mass is 765 g/mol. The van der Waals surface area contributed by atoms with Gasteiger partial charge in [-0.15, -0.1) is 0 Å². The maximum Gasteiger partial charge on any atom is 0.0464 e. The van der Waals surface area contributed by atoms with Crippen molar-refractivity contribution in [2.75, 3.05) is 5.32 Å². The molecule has 1 N–H and O–H groups in total. The van der Waals surface area contributed by atoms with Crippen molar-refractivity contribution < 1.29 is 0 Å². The highest BCUT2D eigenvalue weighted by molar-refractivity contribution is 6.43. The molecule has 16 rings (SSSR count). The SMILES string of the molecule is c1ccc2c(c1)cc1ccc3cc4c5cccc(Nc6cccc7c6cc6ccc8cc9c%10ccccc%10cc%10ccc%11cc7c6c8c%11c%109)c5cc5ccc6cc2c1c3c6c54. The Morgan fingerprint density at radius 1 is 0.180 bits per heavy atom. The Balaban J connectivity index is 0.926. The van der Waals surface area contributed by atoms with Crippen LogP contribution in [0.4, 0.5) is 11.4 Å². The van der Waals surface area contributed by atoms with Crippen molar-refractivity contribution >= 4 is 162 Å². The Labute approximate surface area is 347 Å². The molecule has 0 heterocycles. The van der Waals surface area contributed by atoms with Gasteiger partial charge in [-0.25, -0.2) is 0 Å². The molecule has 0 aromatic heterocycles. The van der Waals surface area contributed by atoms with Crippen molar-refractivity contribution in [3.63, 3.8) is 0 Å². The Kier molecular flexibility index (Phi) is 5.38. The quantitative estimate of drug-likeness (QED) is 0.137.